The normalized spacial score (nSPS) is 27.6. The van der Waals surface area contributed by atoms with Crippen LogP contribution in [0.3, 0.4) is 0 Å². The van der Waals surface area contributed by atoms with Gasteiger partial charge in [-0.05, 0) is 25.5 Å². The van der Waals surface area contributed by atoms with Crippen molar-refractivity contribution in [1.82, 2.24) is 0 Å². The Morgan fingerprint density at radius 3 is 2.59 bits per heavy atom. The molecule has 0 amide bonds. The summed E-state index contributed by atoms with van der Waals surface area (Å²) in [5.41, 5.74) is 7.16. The smallest absolute Gasteiger partial charge is 0.128 e. The summed E-state index contributed by atoms with van der Waals surface area (Å²) in [6, 6.07) is 8.22. The molecular formula is C14H21NO2. The lowest BCUT2D eigenvalue weighted by atomic mass is 9.86. The SMILES string of the molecule is CCCOC1C(N)CC1Oc1ccc(C)cc1. The second kappa shape index (κ2) is 5.52. The first-order valence-corrected chi connectivity index (χ1v) is 6.31. The van der Waals surface area contributed by atoms with E-state index in [4.69, 9.17) is 15.2 Å². The van der Waals surface area contributed by atoms with E-state index in [9.17, 15) is 0 Å². The van der Waals surface area contributed by atoms with Crippen LogP contribution in [-0.4, -0.2) is 24.9 Å². The van der Waals surface area contributed by atoms with Crippen LogP contribution in [0.2, 0.25) is 0 Å². The van der Waals surface area contributed by atoms with Gasteiger partial charge in [0.25, 0.3) is 0 Å². The van der Waals surface area contributed by atoms with Crippen LogP contribution in [0, 0.1) is 6.92 Å². The van der Waals surface area contributed by atoms with E-state index in [2.05, 4.69) is 26.0 Å². The fraction of sp³-hybridized carbons (Fsp3) is 0.571. The van der Waals surface area contributed by atoms with Crippen molar-refractivity contribution in [2.24, 2.45) is 5.73 Å². The molecule has 1 saturated carbocycles. The van der Waals surface area contributed by atoms with E-state index < -0.39 is 0 Å². The third-order valence-electron chi connectivity index (χ3n) is 3.12. The maximum Gasteiger partial charge on any atom is 0.128 e. The van der Waals surface area contributed by atoms with Crippen LogP contribution in [0.5, 0.6) is 5.75 Å². The molecule has 1 aromatic carbocycles. The molecule has 0 radical (unpaired) electrons. The maximum atomic E-state index is 5.93. The van der Waals surface area contributed by atoms with Crippen LogP contribution < -0.4 is 10.5 Å². The summed E-state index contributed by atoms with van der Waals surface area (Å²) in [4.78, 5) is 0. The largest absolute Gasteiger partial charge is 0.488 e. The van der Waals surface area contributed by atoms with Crippen molar-refractivity contribution in [2.45, 2.75) is 44.9 Å². The average molecular weight is 235 g/mol. The van der Waals surface area contributed by atoms with Gasteiger partial charge >= 0.3 is 0 Å². The first kappa shape index (κ1) is 12.4. The molecule has 3 unspecified atom stereocenters. The molecule has 1 aromatic rings. The summed E-state index contributed by atoms with van der Waals surface area (Å²) in [5.74, 6) is 0.901. The van der Waals surface area contributed by atoms with Crippen molar-refractivity contribution >= 4 is 0 Å². The minimum Gasteiger partial charge on any atom is -0.488 e. The van der Waals surface area contributed by atoms with Crippen LogP contribution in [0.1, 0.15) is 25.3 Å². The molecule has 3 atom stereocenters. The third-order valence-corrected chi connectivity index (χ3v) is 3.12. The predicted molar refractivity (Wildman–Crippen MR) is 68.2 cm³/mol. The highest BCUT2D eigenvalue weighted by atomic mass is 16.5. The van der Waals surface area contributed by atoms with Crippen molar-refractivity contribution in [2.75, 3.05) is 6.61 Å². The minimum absolute atomic E-state index is 0.0521. The number of nitrogens with two attached hydrogens (primary N) is 1. The fourth-order valence-electron chi connectivity index (χ4n) is 2.01. The summed E-state index contributed by atoms with van der Waals surface area (Å²) >= 11 is 0. The molecule has 3 nitrogen and oxygen atoms in total. The monoisotopic (exact) mass is 235 g/mol. The summed E-state index contributed by atoms with van der Waals surface area (Å²) in [5, 5.41) is 0. The van der Waals surface area contributed by atoms with Gasteiger partial charge in [-0.25, -0.2) is 0 Å². The summed E-state index contributed by atoms with van der Waals surface area (Å²) in [6.07, 6.45) is 2.05. The van der Waals surface area contributed by atoms with Crippen LogP contribution in [-0.2, 0) is 4.74 Å². The lowest BCUT2D eigenvalue weighted by Crippen LogP contribution is -2.59. The number of hydrogen-bond acceptors (Lipinski definition) is 3. The Labute approximate surface area is 103 Å². The Kier molecular flexibility index (Phi) is 4.02. The zero-order chi connectivity index (χ0) is 12.3. The summed E-state index contributed by atoms with van der Waals surface area (Å²) in [7, 11) is 0. The van der Waals surface area contributed by atoms with Gasteiger partial charge in [0.2, 0.25) is 0 Å². The second-order valence-corrected chi connectivity index (χ2v) is 4.70. The topological polar surface area (TPSA) is 44.5 Å². The highest BCUT2D eigenvalue weighted by molar-refractivity contribution is 5.27. The Bertz CT molecular complexity index is 350. The Morgan fingerprint density at radius 2 is 2.00 bits per heavy atom. The standard InChI is InChI=1S/C14H21NO2/c1-3-8-16-14-12(15)9-13(14)17-11-6-4-10(2)5-7-11/h4-7,12-14H,3,8-9,15H2,1-2H3. The number of hydrogen-bond donors (Lipinski definition) is 1. The zero-order valence-corrected chi connectivity index (χ0v) is 10.6. The van der Waals surface area contributed by atoms with Gasteiger partial charge in [0.05, 0.1) is 0 Å². The Morgan fingerprint density at radius 1 is 1.29 bits per heavy atom. The van der Waals surface area contributed by atoms with Crippen molar-refractivity contribution in [1.29, 1.82) is 0 Å². The molecule has 2 N–H and O–H groups in total. The molecule has 1 fully saturated rings. The Balaban J connectivity index is 1.88. The lowest BCUT2D eigenvalue weighted by Gasteiger charge is -2.41. The lowest BCUT2D eigenvalue weighted by molar-refractivity contribution is -0.0980. The molecule has 0 bridgehead atoms. The van der Waals surface area contributed by atoms with Gasteiger partial charge in [-0.3, -0.25) is 0 Å². The molecule has 1 aliphatic rings. The highest BCUT2D eigenvalue weighted by Crippen LogP contribution is 2.28. The molecular weight excluding hydrogens is 214 g/mol. The molecule has 0 heterocycles. The van der Waals surface area contributed by atoms with E-state index in [0.29, 0.717) is 0 Å². The first-order chi connectivity index (χ1) is 8.20. The van der Waals surface area contributed by atoms with Crippen molar-refractivity contribution < 1.29 is 9.47 Å². The van der Waals surface area contributed by atoms with Gasteiger partial charge in [-0.2, -0.15) is 0 Å². The van der Waals surface area contributed by atoms with E-state index in [-0.39, 0.29) is 18.2 Å². The average Bonchev–Trinajstić information content (AvgIpc) is 2.31. The molecule has 0 aromatic heterocycles. The van der Waals surface area contributed by atoms with Gasteiger partial charge in [-0.1, -0.05) is 24.6 Å². The highest BCUT2D eigenvalue weighted by Gasteiger charge is 2.41. The molecule has 3 heteroatoms. The predicted octanol–water partition coefficient (Wildman–Crippen LogP) is 2.27. The summed E-state index contributed by atoms with van der Waals surface area (Å²) < 4.78 is 11.6. The van der Waals surface area contributed by atoms with E-state index in [0.717, 1.165) is 25.2 Å². The van der Waals surface area contributed by atoms with Gasteiger partial charge in [0, 0.05) is 19.1 Å². The Hall–Kier alpha value is -1.06. The van der Waals surface area contributed by atoms with Crippen molar-refractivity contribution in [3.8, 4) is 5.75 Å². The fourth-order valence-corrected chi connectivity index (χ4v) is 2.01. The van der Waals surface area contributed by atoms with Crippen LogP contribution >= 0.6 is 0 Å². The molecule has 17 heavy (non-hydrogen) atoms. The third kappa shape index (κ3) is 2.99. The van der Waals surface area contributed by atoms with E-state index in [1.807, 2.05) is 12.1 Å². The quantitative estimate of drug-likeness (QED) is 0.851. The maximum absolute atomic E-state index is 5.93. The van der Waals surface area contributed by atoms with Gasteiger partial charge < -0.3 is 15.2 Å². The van der Waals surface area contributed by atoms with Gasteiger partial charge in [0.15, 0.2) is 0 Å². The van der Waals surface area contributed by atoms with Gasteiger partial charge in [0.1, 0.15) is 18.0 Å². The molecule has 2 rings (SSSR count). The van der Waals surface area contributed by atoms with Crippen molar-refractivity contribution in [3.63, 3.8) is 0 Å². The molecule has 94 valence electrons. The van der Waals surface area contributed by atoms with Gasteiger partial charge in [-0.15, -0.1) is 0 Å². The number of ether oxygens (including phenoxy) is 2. The molecule has 0 aliphatic heterocycles. The van der Waals surface area contributed by atoms with Crippen molar-refractivity contribution in [3.05, 3.63) is 29.8 Å². The molecule has 0 saturated heterocycles. The molecule has 1 aliphatic carbocycles. The van der Waals surface area contributed by atoms with E-state index in [1.165, 1.54) is 5.56 Å². The van der Waals surface area contributed by atoms with E-state index in [1.54, 1.807) is 0 Å². The van der Waals surface area contributed by atoms with Crippen LogP contribution in [0.4, 0.5) is 0 Å². The molecule has 0 spiro atoms. The second-order valence-electron chi connectivity index (χ2n) is 4.70. The minimum atomic E-state index is 0.0521. The number of aryl methyl sites for hydroxylation is 1. The first-order valence-electron chi connectivity index (χ1n) is 6.31. The van der Waals surface area contributed by atoms with Crippen LogP contribution in [0.25, 0.3) is 0 Å². The van der Waals surface area contributed by atoms with Crippen LogP contribution in [0.15, 0.2) is 24.3 Å². The van der Waals surface area contributed by atoms with E-state index >= 15 is 0 Å². The zero-order valence-electron chi connectivity index (χ0n) is 10.6. The summed E-state index contributed by atoms with van der Waals surface area (Å²) in [6.45, 7) is 4.92. The number of rotatable bonds is 5. The number of benzene rings is 1.